The minimum absolute atomic E-state index is 0.912. The van der Waals surface area contributed by atoms with E-state index in [2.05, 4.69) is 112 Å². The first-order valence-corrected chi connectivity index (χ1v) is 13.6. The number of rotatable bonds is 1. The van der Waals surface area contributed by atoms with Gasteiger partial charge in [-0.15, -0.1) is 0 Å². The fourth-order valence-corrected chi connectivity index (χ4v) is 6.93. The molecular weight excluding hydrogens is 488 g/mol. The molecule has 10 aromatic rings. The minimum Gasteiger partial charge on any atom is -0.309 e. The molecule has 0 unspecified atom stereocenters. The van der Waals surface area contributed by atoms with Crippen molar-refractivity contribution in [2.24, 2.45) is 0 Å². The molecule has 40 heavy (non-hydrogen) atoms. The van der Waals surface area contributed by atoms with Crippen LogP contribution < -0.4 is 0 Å². The zero-order valence-corrected chi connectivity index (χ0v) is 21.3. The second-order valence-corrected chi connectivity index (χ2v) is 10.7. The lowest BCUT2D eigenvalue weighted by atomic mass is 10.1. The molecule has 0 aliphatic carbocycles. The van der Waals surface area contributed by atoms with Crippen LogP contribution in [0.4, 0.5) is 0 Å². The molecule has 0 N–H and O–H groups in total. The molecule has 0 aliphatic rings. The Balaban J connectivity index is 1.45. The van der Waals surface area contributed by atoms with Crippen molar-refractivity contribution in [3.8, 4) is 5.69 Å². The van der Waals surface area contributed by atoms with Crippen molar-refractivity contribution in [1.82, 2.24) is 18.9 Å². The highest BCUT2D eigenvalue weighted by atomic mass is 15.0. The number of fused-ring (bicyclic) bond motifs is 12. The third-order valence-electron chi connectivity index (χ3n) is 8.59. The molecule has 184 valence electrons. The standard InChI is InChI=1S/C36H20N4/c1-2-9-22-20-23(17-16-21(22)8-1)39-30-15-6-3-10-26(30)32-31(39)19-18-25-24-11-7-12-27-33-36(40(34(24)27)35(25)32)38-29-14-5-4-13-28(29)37-33/h1-20H. The highest BCUT2D eigenvalue weighted by Gasteiger charge is 2.23. The zero-order valence-electron chi connectivity index (χ0n) is 21.3. The third-order valence-corrected chi connectivity index (χ3v) is 8.59. The van der Waals surface area contributed by atoms with Gasteiger partial charge in [0.1, 0.15) is 5.52 Å². The third kappa shape index (κ3) is 2.42. The summed E-state index contributed by atoms with van der Waals surface area (Å²) >= 11 is 0. The molecular formula is C36H20N4. The molecule has 10 rings (SSSR count). The van der Waals surface area contributed by atoms with E-state index in [1.807, 2.05) is 18.2 Å². The summed E-state index contributed by atoms with van der Waals surface area (Å²) in [5.74, 6) is 0. The topological polar surface area (TPSA) is 35.1 Å². The maximum absolute atomic E-state index is 5.20. The summed E-state index contributed by atoms with van der Waals surface area (Å²) in [4.78, 5) is 10.3. The summed E-state index contributed by atoms with van der Waals surface area (Å²) in [5.41, 5.74) is 9.63. The van der Waals surface area contributed by atoms with Gasteiger partial charge in [0.2, 0.25) is 0 Å². The molecule has 0 atom stereocenters. The molecule has 0 spiro atoms. The first kappa shape index (κ1) is 20.5. The highest BCUT2D eigenvalue weighted by molar-refractivity contribution is 6.30. The van der Waals surface area contributed by atoms with Gasteiger partial charge in [0, 0.05) is 32.6 Å². The van der Waals surface area contributed by atoms with Crippen molar-refractivity contribution < 1.29 is 0 Å². The first-order chi connectivity index (χ1) is 19.8. The molecule has 4 aromatic heterocycles. The van der Waals surface area contributed by atoms with Crippen LogP contribution in [0.1, 0.15) is 0 Å². The van der Waals surface area contributed by atoms with Crippen LogP contribution in [-0.2, 0) is 0 Å². The van der Waals surface area contributed by atoms with Crippen LogP contribution in [0.15, 0.2) is 121 Å². The van der Waals surface area contributed by atoms with Crippen molar-refractivity contribution in [1.29, 1.82) is 0 Å². The van der Waals surface area contributed by atoms with Crippen molar-refractivity contribution in [2.45, 2.75) is 0 Å². The molecule has 0 saturated heterocycles. The molecule has 0 saturated carbocycles. The summed E-state index contributed by atoms with van der Waals surface area (Å²) in [5, 5.41) is 8.58. The summed E-state index contributed by atoms with van der Waals surface area (Å²) in [6.45, 7) is 0. The van der Waals surface area contributed by atoms with Crippen LogP contribution in [0.3, 0.4) is 0 Å². The first-order valence-electron chi connectivity index (χ1n) is 13.6. The summed E-state index contributed by atoms with van der Waals surface area (Å²) in [6, 6.07) is 43.4. The number of benzene rings is 6. The quantitative estimate of drug-likeness (QED) is 0.222. The lowest BCUT2D eigenvalue weighted by Gasteiger charge is -2.09. The predicted molar refractivity (Wildman–Crippen MR) is 166 cm³/mol. The van der Waals surface area contributed by atoms with Crippen molar-refractivity contribution in [3.63, 3.8) is 0 Å². The van der Waals surface area contributed by atoms with E-state index >= 15 is 0 Å². The minimum atomic E-state index is 0.912. The molecule has 0 fully saturated rings. The van der Waals surface area contributed by atoms with Gasteiger partial charge in [-0.1, -0.05) is 84.9 Å². The molecule has 0 radical (unpaired) electrons. The van der Waals surface area contributed by atoms with Gasteiger partial charge in [-0.25, -0.2) is 9.97 Å². The van der Waals surface area contributed by atoms with Gasteiger partial charge in [-0.2, -0.15) is 0 Å². The van der Waals surface area contributed by atoms with E-state index in [4.69, 9.17) is 9.97 Å². The van der Waals surface area contributed by atoms with Crippen LogP contribution in [-0.4, -0.2) is 18.9 Å². The molecule has 0 amide bonds. The highest BCUT2D eigenvalue weighted by Crippen LogP contribution is 2.44. The summed E-state index contributed by atoms with van der Waals surface area (Å²) in [6.07, 6.45) is 0. The maximum atomic E-state index is 5.20. The Morgan fingerprint density at radius 2 is 1.20 bits per heavy atom. The molecule has 0 aliphatic heterocycles. The monoisotopic (exact) mass is 508 g/mol. The average molecular weight is 509 g/mol. The Labute approximate surface area is 227 Å². The Hall–Kier alpha value is -5.48. The van der Waals surface area contributed by atoms with Gasteiger partial charge in [-0.3, -0.25) is 4.40 Å². The summed E-state index contributed by atoms with van der Waals surface area (Å²) < 4.78 is 4.78. The predicted octanol–water partition coefficient (Wildman–Crippen LogP) is 9.03. The van der Waals surface area contributed by atoms with Crippen molar-refractivity contribution >= 4 is 82.0 Å². The molecule has 4 nitrogen and oxygen atoms in total. The zero-order chi connectivity index (χ0) is 25.9. The Bertz CT molecular complexity index is 2660. The van der Waals surface area contributed by atoms with Gasteiger partial charge in [0.05, 0.1) is 33.1 Å². The van der Waals surface area contributed by atoms with Gasteiger partial charge >= 0.3 is 0 Å². The number of para-hydroxylation sites is 4. The van der Waals surface area contributed by atoms with E-state index < -0.39 is 0 Å². The number of aromatic nitrogens is 4. The Morgan fingerprint density at radius 3 is 2.12 bits per heavy atom. The lowest BCUT2D eigenvalue weighted by Crippen LogP contribution is -1.94. The molecule has 0 bridgehead atoms. The van der Waals surface area contributed by atoms with E-state index in [1.54, 1.807) is 0 Å². The largest absolute Gasteiger partial charge is 0.309 e. The van der Waals surface area contributed by atoms with Crippen LogP contribution in [0.5, 0.6) is 0 Å². The lowest BCUT2D eigenvalue weighted by molar-refractivity contribution is 1.19. The number of hydrogen-bond donors (Lipinski definition) is 0. The normalized spacial score (nSPS) is 12.5. The SMILES string of the molecule is c1ccc2cc(-n3c4ccccc4c4c3ccc3c5cccc6c7nc8ccccc8nc7n(c56)c34)ccc2c1. The Morgan fingerprint density at radius 1 is 0.475 bits per heavy atom. The van der Waals surface area contributed by atoms with Crippen LogP contribution >= 0.6 is 0 Å². The molecule has 4 heterocycles. The fourth-order valence-electron chi connectivity index (χ4n) is 6.93. The van der Waals surface area contributed by atoms with E-state index in [0.29, 0.717) is 0 Å². The van der Waals surface area contributed by atoms with Crippen LogP contribution in [0.25, 0.3) is 87.7 Å². The summed E-state index contributed by atoms with van der Waals surface area (Å²) in [7, 11) is 0. The second-order valence-electron chi connectivity index (χ2n) is 10.7. The molecule has 6 aromatic carbocycles. The van der Waals surface area contributed by atoms with Gasteiger partial charge in [-0.05, 0) is 47.2 Å². The van der Waals surface area contributed by atoms with E-state index in [-0.39, 0.29) is 0 Å². The van der Waals surface area contributed by atoms with Crippen molar-refractivity contribution in [3.05, 3.63) is 121 Å². The fraction of sp³-hybridized carbons (Fsp3) is 0. The number of hydrogen-bond acceptors (Lipinski definition) is 2. The van der Waals surface area contributed by atoms with Gasteiger partial charge in [0.25, 0.3) is 0 Å². The number of nitrogens with zero attached hydrogens (tertiary/aromatic N) is 4. The maximum Gasteiger partial charge on any atom is 0.165 e. The Kier molecular flexibility index (Phi) is 3.65. The van der Waals surface area contributed by atoms with E-state index in [9.17, 15) is 0 Å². The smallest absolute Gasteiger partial charge is 0.165 e. The average Bonchev–Trinajstić information content (AvgIpc) is 3.64. The second kappa shape index (κ2) is 7.13. The van der Waals surface area contributed by atoms with E-state index in [0.717, 1.165) is 33.3 Å². The van der Waals surface area contributed by atoms with Gasteiger partial charge in [0.15, 0.2) is 5.65 Å². The van der Waals surface area contributed by atoms with Crippen molar-refractivity contribution in [2.75, 3.05) is 0 Å². The molecule has 4 heteroatoms. The van der Waals surface area contributed by atoms with Gasteiger partial charge < -0.3 is 4.57 Å². The van der Waals surface area contributed by atoms with Crippen LogP contribution in [0, 0.1) is 0 Å². The van der Waals surface area contributed by atoms with E-state index in [1.165, 1.54) is 54.4 Å². The van der Waals surface area contributed by atoms with Crippen LogP contribution in [0.2, 0.25) is 0 Å².